The minimum absolute atomic E-state index is 0.231. The Morgan fingerprint density at radius 2 is 1.82 bits per heavy atom. The highest BCUT2D eigenvalue weighted by atomic mass is 16.3. The summed E-state index contributed by atoms with van der Waals surface area (Å²) < 4.78 is 0. The first-order valence-corrected chi connectivity index (χ1v) is 5.40. The number of nitriles is 1. The molecule has 1 aliphatic heterocycles. The van der Waals surface area contributed by atoms with Gasteiger partial charge in [0.05, 0.1) is 36.4 Å². The molecule has 1 saturated heterocycles. The highest BCUT2D eigenvalue weighted by molar-refractivity contribution is 5.34. The summed E-state index contributed by atoms with van der Waals surface area (Å²) in [4.78, 5) is 0. The summed E-state index contributed by atoms with van der Waals surface area (Å²) in [5, 5.41) is 40.2. The molecule has 1 aromatic rings. The third-order valence-electron chi connectivity index (χ3n) is 3.09. The molecule has 0 aromatic heterocycles. The van der Waals surface area contributed by atoms with E-state index >= 15 is 0 Å². The van der Waals surface area contributed by atoms with Crippen LogP contribution in [0.3, 0.4) is 0 Å². The molecule has 0 bridgehead atoms. The van der Waals surface area contributed by atoms with Crippen molar-refractivity contribution in [3.05, 3.63) is 35.4 Å². The van der Waals surface area contributed by atoms with Gasteiger partial charge in [0.15, 0.2) is 0 Å². The Bertz CT molecular complexity index is 426. The van der Waals surface area contributed by atoms with Crippen LogP contribution in [0.25, 0.3) is 0 Å². The number of aliphatic hydroxyl groups is 3. The van der Waals surface area contributed by atoms with Gasteiger partial charge in [-0.05, 0) is 17.7 Å². The molecule has 0 saturated carbocycles. The Hall–Kier alpha value is -1.45. The summed E-state index contributed by atoms with van der Waals surface area (Å²) in [5.74, 6) is 0. The number of benzene rings is 1. The summed E-state index contributed by atoms with van der Waals surface area (Å²) in [6, 6.07) is 7.83. The van der Waals surface area contributed by atoms with Crippen molar-refractivity contribution in [1.82, 2.24) is 5.32 Å². The number of nitrogens with one attached hydrogen (secondary N) is 1. The number of aliphatic hydroxyl groups excluding tert-OH is 3. The van der Waals surface area contributed by atoms with Crippen LogP contribution in [0.2, 0.25) is 0 Å². The van der Waals surface area contributed by atoms with Crippen molar-refractivity contribution in [1.29, 1.82) is 5.26 Å². The third kappa shape index (κ3) is 2.16. The summed E-state index contributed by atoms with van der Waals surface area (Å²) in [5.41, 5.74) is 1.33. The Morgan fingerprint density at radius 3 is 2.29 bits per heavy atom. The van der Waals surface area contributed by atoms with E-state index in [9.17, 15) is 10.2 Å². The maximum Gasteiger partial charge on any atom is 0.101 e. The van der Waals surface area contributed by atoms with E-state index in [0.717, 1.165) is 5.56 Å². The maximum absolute atomic E-state index is 9.85. The predicted octanol–water partition coefficient (Wildman–Crippen LogP) is -0.715. The molecule has 0 unspecified atom stereocenters. The molecule has 2 rings (SSSR count). The molecule has 90 valence electrons. The van der Waals surface area contributed by atoms with Crippen molar-refractivity contribution < 1.29 is 15.3 Å². The van der Waals surface area contributed by atoms with Crippen LogP contribution in [0, 0.1) is 11.3 Å². The molecule has 4 atom stereocenters. The largest absolute Gasteiger partial charge is 0.395 e. The zero-order chi connectivity index (χ0) is 12.4. The smallest absolute Gasteiger partial charge is 0.101 e. The van der Waals surface area contributed by atoms with Crippen molar-refractivity contribution in [3.63, 3.8) is 0 Å². The van der Waals surface area contributed by atoms with Gasteiger partial charge in [0.25, 0.3) is 0 Å². The highest BCUT2D eigenvalue weighted by Gasteiger charge is 2.41. The molecule has 1 aliphatic rings. The summed E-state index contributed by atoms with van der Waals surface area (Å²) in [6.45, 7) is -0.231. The predicted molar refractivity (Wildman–Crippen MR) is 59.9 cm³/mol. The molecule has 1 fully saturated rings. The number of hydrogen-bond acceptors (Lipinski definition) is 5. The van der Waals surface area contributed by atoms with Crippen LogP contribution < -0.4 is 5.32 Å². The second-order valence-corrected chi connectivity index (χ2v) is 4.15. The van der Waals surface area contributed by atoms with Crippen LogP contribution >= 0.6 is 0 Å². The molecule has 1 aromatic carbocycles. The van der Waals surface area contributed by atoms with Gasteiger partial charge in [-0.2, -0.15) is 5.26 Å². The highest BCUT2D eigenvalue weighted by Crippen LogP contribution is 2.27. The van der Waals surface area contributed by atoms with E-state index in [1.54, 1.807) is 24.3 Å². The lowest BCUT2D eigenvalue weighted by molar-refractivity contribution is 0.0194. The monoisotopic (exact) mass is 234 g/mol. The standard InChI is InChI=1S/C12H14N2O3/c13-5-7-1-3-8(4-2-7)10-12(17)11(16)9(6-15)14-10/h1-4,9-12,14-17H,6H2/t9-,10+,11-,12+/m1/s1. The summed E-state index contributed by atoms with van der Waals surface area (Å²) in [7, 11) is 0. The van der Waals surface area contributed by atoms with E-state index in [1.165, 1.54) is 0 Å². The fraction of sp³-hybridized carbons (Fsp3) is 0.417. The SMILES string of the molecule is N#Cc1ccc([C@@H]2N[C@H](CO)[C@@H](O)[C@H]2O)cc1. The van der Waals surface area contributed by atoms with E-state index in [4.69, 9.17) is 10.4 Å². The third-order valence-corrected chi connectivity index (χ3v) is 3.09. The average molecular weight is 234 g/mol. The van der Waals surface area contributed by atoms with Crippen molar-refractivity contribution in [2.75, 3.05) is 6.61 Å². The number of hydrogen-bond donors (Lipinski definition) is 4. The van der Waals surface area contributed by atoms with E-state index in [-0.39, 0.29) is 6.61 Å². The normalized spacial score (nSPS) is 32.4. The summed E-state index contributed by atoms with van der Waals surface area (Å²) in [6.07, 6.45) is -1.94. The molecule has 0 aliphatic carbocycles. The molecular weight excluding hydrogens is 220 g/mol. The molecule has 0 radical (unpaired) electrons. The molecule has 4 N–H and O–H groups in total. The van der Waals surface area contributed by atoms with Gasteiger partial charge >= 0.3 is 0 Å². The lowest BCUT2D eigenvalue weighted by Gasteiger charge is -2.16. The zero-order valence-electron chi connectivity index (χ0n) is 9.11. The maximum atomic E-state index is 9.85. The Balaban J connectivity index is 2.20. The van der Waals surface area contributed by atoms with Gasteiger partial charge in [-0.15, -0.1) is 0 Å². The molecule has 5 nitrogen and oxygen atoms in total. The molecule has 17 heavy (non-hydrogen) atoms. The van der Waals surface area contributed by atoms with Gasteiger partial charge in [0.1, 0.15) is 6.10 Å². The fourth-order valence-electron chi connectivity index (χ4n) is 2.08. The summed E-state index contributed by atoms with van der Waals surface area (Å²) >= 11 is 0. The van der Waals surface area contributed by atoms with Crippen LogP contribution in [0.5, 0.6) is 0 Å². The molecule has 0 amide bonds. The van der Waals surface area contributed by atoms with Crippen molar-refractivity contribution in [3.8, 4) is 6.07 Å². The molecule has 0 spiro atoms. The minimum Gasteiger partial charge on any atom is -0.395 e. The molecule has 5 heteroatoms. The van der Waals surface area contributed by atoms with Crippen LogP contribution in [-0.4, -0.2) is 40.2 Å². The van der Waals surface area contributed by atoms with Crippen molar-refractivity contribution in [2.24, 2.45) is 0 Å². The van der Waals surface area contributed by atoms with Crippen LogP contribution in [0.4, 0.5) is 0 Å². The van der Waals surface area contributed by atoms with Crippen LogP contribution in [-0.2, 0) is 0 Å². The first-order chi connectivity index (χ1) is 8.17. The number of nitrogens with zero attached hydrogens (tertiary/aromatic N) is 1. The van der Waals surface area contributed by atoms with Gasteiger partial charge in [-0.1, -0.05) is 12.1 Å². The lowest BCUT2D eigenvalue weighted by Crippen LogP contribution is -2.35. The molecule has 1 heterocycles. The van der Waals surface area contributed by atoms with Crippen molar-refractivity contribution in [2.45, 2.75) is 24.3 Å². The minimum atomic E-state index is -0.986. The topological polar surface area (TPSA) is 96.5 Å². The van der Waals surface area contributed by atoms with Crippen LogP contribution in [0.15, 0.2) is 24.3 Å². The van der Waals surface area contributed by atoms with Crippen LogP contribution in [0.1, 0.15) is 17.2 Å². The Labute approximate surface area is 98.9 Å². The fourth-order valence-corrected chi connectivity index (χ4v) is 2.08. The van der Waals surface area contributed by atoms with Gasteiger partial charge in [0.2, 0.25) is 0 Å². The number of rotatable bonds is 2. The van der Waals surface area contributed by atoms with Crippen molar-refractivity contribution >= 4 is 0 Å². The average Bonchev–Trinajstić information content (AvgIpc) is 2.66. The van der Waals surface area contributed by atoms with E-state index in [0.29, 0.717) is 5.56 Å². The lowest BCUT2D eigenvalue weighted by atomic mass is 10.0. The van der Waals surface area contributed by atoms with E-state index in [1.807, 2.05) is 6.07 Å². The second kappa shape index (κ2) is 4.82. The van der Waals surface area contributed by atoms with E-state index in [2.05, 4.69) is 5.32 Å². The van der Waals surface area contributed by atoms with Gasteiger partial charge in [-0.25, -0.2) is 0 Å². The second-order valence-electron chi connectivity index (χ2n) is 4.15. The van der Waals surface area contributed by atoms with E-state index < -0.39 is 24.3 Å². The zero-order valence-corrected chi connectivity index (χ0v) is 9.11. The Kier molecular flexibility index (Phi) is 3.41. The van der Waals surface area contributed by atoms with Gasteiger partial charge in [0, 0.05) is 0 Å². The first kappa shape index (κ1) is 12.0. The van der Waals surface area contributed by atoms with Gasteiger partial charge in [-0.3, -0.25) is 0 Å². The Morgan fingerprint density at radius 1 is 1.18 bits per heavy atom. The molecular formula is C12H14N2O3. The van der Waals surface area contributed by atoms with Gasteiger partial charge < -0.3 is 20.6 Å². The quantitative estimate of drug-likeness (QED) is 0.542. The first-order valence-electron chi connectivity index (χ1n) is 5.40.